The molecule has 0 bridgehead atoms. The predicted molar refractivity (Wildman–Crippen MR) is 134 cm³/mol. The van der Waals surface area contributed by atoms with Crippen LogP contribution in [0.5, 0.6) is 5.75 Å². The normalized spacial score (nSPS) is 21.5. The van der Waals surface area contributed by atoms with Gasteiger partial charge in [0, 0.05) is 25.6 Å². The van der Waals surface area contributed by atoms with E-state index in [-0.39, 0.29) is 23.8 Å². The Kier molecular flexibility index (Phi) is 7.09. The molecule has 1 aliphatic carbocycles. The highest BCUT2D eigenvalue weighted by Crippen LogP contribution is 2.40. The maximum absolute atomic E-state index is 13.6. The second-order valence-corrected chi connectivity index (χ2v) is 10.1. The van der Waals surface area contributed by atoms with E-state index < -0.39 is 6.10 Å². The SMILES string of the molecule is Cc1ccc(C2c3cc(OC(C)C(=O)N4CCOCC4)ccc3CCN2C(=O)C2CCCC2)cc1. The summed E-state index contributed by atoms with van der Waals surface area (Å²) in [5.41, 5.74) is 4.67. The van der Waals surface area contributed by atoms with Gasteiger partial charge in [-0.05, 0) is 61.9 Å². The quantitative estimate of drug-likeness (QED) is 0.646. The van der Waals surface area contributed by atoms with Gasteiger partial charge in [-0.3, -0.25) is 9.59 Å². The summed E-state index contributed by atoms with van der Waals surface area (Å²) in [6.07, 6.45) is 4.52. The largest absolute Gasteiger partial charge is 0.481 e. The van der Waals surface area contributed by atoms with Crippen molar-refractivity contribution < 1.29 is 19.1 Å². The highest BCUT2D eigenvalue weighted by Gasteiger charge is 2.36. The first-order chi connectivity index (χ1) is 17.0. The molecule has 1 saturated heterocycles. The second kappa shape index (κ2) is 10.4. The van der Waals surface area contributed by atoms with E-state index in [1.165, 1.54) is 11.1 Å². The van der Waals surface area contributed by atoms with E-state index in [1.54, 1.807) is 0 Å². The van der Waals surface area contributed by atoms with Crippen LogP contribution < -0.4 is 4.74 Å². The van der Waals surface area contributed by atoms with Crippen molar-refractivity contribution in [1.29, 1.82) is 0 Å². The molecule has 6 heteroatoms. The fourth-order valence-electron chi connectivity index (χ4n) is 5.71. The van der Waals surface area contributed by atoms with Crippen molar-refractivity contribution in [1.82, 2.24) is 9.80 Å². The molecule has 6 nitrogen and oxygen atoms in total. The van der Waals surface area contributed by atoms with Gasteiger partial charge in [-0.1, -0.05) is 48.7 Å². The van der Waals surface area contributed by atoms with E-state index in [0.29, 0.717) is 32.1 Å². The zero-order chi connectivity index (χ0) is 24.4. The van der Waals surface area contributed by atoms with E-state index in [1.807, 2.05) is 17.9 Å². The molecule has 2 aromatic carbocycles. The van der Waals surface area contributed by atoms with Crippen molar-refractivity contribution in [2.45, 2.75) is 58.1 Å². The van der Waals surface area contributed by atoms with Gasteiger partial charge in [0.2, 0.25) is 5.91 Å². The molecule has 2 heterocycles. The minimum atomic E-state index is -0.580. The molecule has 0 spiro atoms. The van der Waals surface area contributed by atoms with E-state index in [9.17, 15) is 9.59 Å². The van der Waals surface area contributed by atoms with E-state index in [4.69, 9.17) is 9.47 Å². The van der Waals surface area contributed by atoms with Crippen LogP contribution in [-0.2, 0) is 20.7 Å². The summed E-state index contributed by atoms with van der Waals surface area (Å²) in [5, 5.41) is 0. The molecule has 186 valence electrons. The molecule has 0 radical (unpaired) electrons. The molecule has 2 aliphatic heterocycles. The summed E-state index contributed by atoms with van der Waals surface area (Å²) < 4.78 is 11.5. The van der Waals surface area contributed by atoms with Crippen LogP contribution >= 0.6 is 0 Å². The average Bonchev–Trinajstić information content (AvgIpc) is 3.43. The molecule has 2 aromatic rings. The van der Waals surface area contributed by atoms with Crippen molar-refractivity contribution in [3.8, 4) is 5.75 Å². The molecule has 2 unspecified atom stereocenters. The number of carbonyl (C=O) groups is 2. The van der Waals surface area contributed by atoms with Crippen LogP contribution in [0.4, 0.5) is 0 Å². The van der Waals surface area contributed by atoms with Gasteiger partial charge < -0.3 is 19.3 Å². The minimum Gasteiger partial charge on any atom is -0.481 e. The van der Waals surface area contributed by atoms with Gasteiger partial charge in [0.1, 0.15) is 5.75 Å². The standard InChI is InChI=1S/C29H36N2O4/c1-20-7-9-23(10-8-20)27-26-19-25(35-21(2)28(32)30-15-17-34-18-16-30)12-11-22(26)13-14-31(27)29(33)24-5-3-4-6-24/h7-12,19,21,24,27H,3-6,13-18H2,1-2H3. The molecular formula is C29H36N2O4. The van der Waals surface area contributed by atoms with E-state index in [2.05, 4.69) is 48.2 Å². The van der Waals surface area contributed by atoms with Gasteiger partial charge in [-0.25, -0.2) is 0 Å². The Morgan fingerprint density at radius 3 is 2.43 bits per heavy atom. The first-order valence-electron chi connectivity index (χ1n) is 13.0. The van der Waals surface area contributed by atoms with Crippen LogP contribution in [0.25, 0.3) is 0 Å². The summed E-state index contributed by atoms with van der Waals surface area (Å²) in [6.45, 7) is 6.96. The second-order valence-electron chi connectivity index (χ2n) is 10.1. The molecule has 0 aromatic heterocycles. The Morgan fingerprint density at radius 2 is 1.71 bits per heavy atom. The van der Waals surface area contributed by atoms with Gasteiger partial charge in [0.25, 0.3) is 5.91 Å². The Bertz CT molecular complexity index is 1050. The van der Waals surface area contributed by atoms with Crippen LogP contribution in [0.3, 0.4) is 0 Å². The third kappa shape index (κ3) is 5.08. The summed E-state index contributed by atoms with van der Waals surface area (Å²) >= 11 is 0. The first-order valence-corrected chi connectivity index (χ1v) is 13.0. The van der Waals surface area contributed by atoms with Gasteiger partial charge in [0.15, 0.2) is 6.10 Å². The number of fused-ring (bicyclic) bond motifs is 1. The number of nitrogens with zero attached hydrogens (tertiary/aromatic N) is 2. The van der Waals surface area contributed by atoms with Crippen molar-refractivity contribution in [2.75, 3.05) is 32.8 Å². The predicted octanol–water partition coefficient (Wildman–Crippen LogP) is 4.29. The molecule has 2 atom stereocenters. The highest BCUT2D eigenvalue weighted by atomic mass is 16.5. The lowest BCUT2D eigenvalue weighted by Gasteiger charge is -2.39. The van der Waals surface area contributed by atoms with E-state index >= 15 is 0 Å². The van der Waals surface area contributed by atoms with Crippen molar-refractivity contribution in [2.24, 2.45) is 5.92 Å². The number of aryl methyl sites for hydroxylation is 1. The monoisotopic (exact) mass is 476 g/mol. The zero-order valence-corrected chi connectivity index (χ0v) is 20.9. The maximum atomic E-state index is 13.6. The number of morpholine rings is 1. The number of ether oxygens (including phenoxy) is 2. The number of hydrogen-bond donors (Lipinski definition) is 0. The third-order valence-electron chi connectivity index (χ3n) is 7.71. The Balaban J connectivity index is 1.43. The molecule has 3 aliphatic rings. The topological polar surface area (TPSA) is 59.1 Å². The molecule has 35 heavy (non-hydrogen) atoms. The lowest BCUT2D eigenvalue weighted by atomic mass is 9.86. The summed E-state index contributed by atoms with van der Waals surface area (Å²) in [7, 11) is 0. The molecule has 2 fully saturated rings. The summed E-state index contributed by atoms with van der Waals surface area (Å²) in [6, 6.07) is 14.5. The van der Waals surface area contributed by atoms with Crippen LogP contribution in [0.15, 0.2) is 42.5 Å². The molecule has 2 amide bonds. The van der Waals surface area contributed by atoms with Gasteiger partial charge >= 0.3 is 0 Å². The average molecular weight is 477 g/mol. The number of benzene rings is 2. The van der Waals surface area contributed by atoms with Crippen LogP contribution in [-0.4, -0.2) is 60.6 Å². The van der Waals surface area contributed by atoms with Crippen molar-refractivity contribution >= 4 is 11.8 Å². The lowest BCUT2D eigenvalue weighted by molar-refractivity contribution is -0.142. The van der Waals surface area contributed by atoms with Crippen LogP contribution in [0.1, 0.15) is 60.9 Å². The van der Waals surface area contributed by atoms with Gasteiger partial charge in [0.05, 0.1) is 19.3 Å². The van der Waals surface area contributed by atoms with Crippen LogP contribution in [0, 0.1) is 12.8 Å². The fourth-order valence-corrected chi connectivity index (χ4v) is 5.71. The lowest BCUT2D eigenvalue weighted by Crippen LogP contribution is -2.46. The molecule has 1 saturated carbocycles. The maximum Gasteiger partial charge on any atom is 0.263 e. The molecule has 5 rings (SSSR count). The van der Waals surface area contributed by atoms with E-state index in [0.717, 1.165) is 49.8 Å². The van der Waals surface area contributed by atoms with Gasteiger partial charge in [-0.15, -0.1) is 0 Å². The fraction of sp³-hybridized carbons (Fsp3) is 0.517. The molecular weight excluding hydrogens is 440 g/mol. The van der Waals surface area contributed by atoms with Gasteiger partial charge in [-0.2, -0.15) is 0 Å². The minimum absolute atomic E-state index is 0.0147. The first kappa shape index (κ1) is 23.9. The number of carbonyl (C=O) groups excluding carboxylic acids is 2. The zero-order valence-electron chi connectivity index (χ0n) is 20.9. The Labute approximate surface area is 208 Å². The Morgan fingerprint density at radius 1 is 1.00 bits per heavy atom. The number of rotatable bonds is 5. The number of amides is 2. The smallest absolute Gasteiger partial charge is 0.263 e. The van der Waals surface area contributed by atoms with Crippen molar-refractivity contribution in [3.63, 3.8) is 0 Å². The third-order valence-corrected chi connectivity index (χ3v) is 7.71. The number of hydrogen-bond acceptors (Lipinski definition) is 4. The Hall–Kier alpha value is -2.86. The summed E-state index contributed by atoms with van der Waals surface area (Å²) in [5.74, 6) is 1.07. The van der Waals surface area contributed by atoms with Crippen molar-refractivity contribution in [3.05, 3.63) is 64.7 Å². The molecule has 0 N–H and O–H groups in total. The summed E-state index contributed by atoms with van der Waals surface area (Å²) in [4.78, 5) is 30.4. The van der Waals surface area contributed by atoms with Crippen LogP contribution in [0.2, 0.25) is 0 Å². The highest BCUT2D eigenvalue weighted by molar-refractivity contribution is 5.81.